The Morgan fingerprint density at radius 3 is 3.31 bits per heavy atom. The lowest BCUT2D eigenvalue weighted by molar-refractivity contribution is 0.110. The molecule has 0 aromatic carbocycles. The van der Waals surface area contributed by atoms with Crippen LogP contribution in [0.2, 0.25) is 0 Å². The molecule has 0 radical (unpaired) electrons. The molecule has 0 saturated carbocycles. The van der Waals surface area contributed by atoms with E-state index >= 15 is 0 Å². The Morgan fingerprint density at radius 1 is 1.62 bits per heavy atom. The molecule has 0 spiro atoms. The van der Waals surface area contributed by atoms with Gasteiger partial charge in [0, 0.05) is 24.6 Å². The average molecular weight is 197 g/mol. The molecule has 1 atom stereocenters. The molecule has 0 unspecified atom stereocenters. The van der Waals surface area contributed by atoms with Gasteiger partial charge in [0.2, 0.25) is 0 Å². The number of thiophene rings is 1. The minimum absolute atomic E-state index is 0.458. The summed E-state index contributed by atoms with van der Waals surface area (Å²) in [7, 11) is 0. The molecule has 72 valence electrons. The van der Waals surface area contributed by atoms with E-state index in [1.807, 2.05) is 0 Å². The minimum Gasteiger partial charge on any atom is -0.377 e. The van der Waals surface area contributed by atoms with Gasteiger partial charge < -0.3 is 10.1 Å². The van der Waals surface area contributed by atoms with Crippen LogP contribution in [0.5, 0.6) is 0 Å². The second-order valence-corrected chi connectivity index (χ2v) is 4.38. The van der Waals surface area contributed by atoms with Crippen molar-refractivity contribution in [3.8, 4) is 0 Å². The zero-order chi connectivity index (χ0) is 8.93. The second kappa shape index (κ2) is 4.74. The predicted octanol–water partition coefficient (Wildman–Crippen LogP) is 2.02. The number of rotatable bonds is 4. The summed E-state index contributed by atoms with van der Waals surface area (Å²) >= 11 is 1.80. The summed E-state index contributed by atoms with van der Waals surface area (Å²) in [6.45, 7) is 2.93. The van der Waals surface area contributed by atoms with Gasteiger partial charge in [-0.3, -0.25) is 0 Å². The van der Waals surface area contributed by atoms with Gasteiger partial charge in [-0.25, -0.2) is 0 Å². The molecule has 2 nitrogen and oxygen atoms in total. The first-order valence-corrected chi connectivity index (χ1v) is 5.68. The molecule has 0 aliphatic carbocycles. The Labute approximate surface area is 82.9 Å². The molecule has 13 heavy (non-hydrogen) atoms. The Kier molecular flexibility index (Phi) is 3.35. The van der Waals surface area contributed by atoms with Crippen LogP contribution in [0.4, 0.5) is 0 Å². The molecule has 1 aliphatic rings. The van der Waals surface area contributed by atoms with Gasteiger partial charge in [-0.1, -0.05) is 6.07 Å². The van der Waals surface area contributed by atoms with Crippen molar-refractivity contribution in [2.24, 2.45) is 0 Å². The Balaban J connectivity index is 1.63. The van der Waals surface area contributed by atoms with Crippen molar-refractivity contribution >= 4 is 11.3 Å². The zero-order valence-electron chi connectivity index (χ0n) is 7.66. The van der Waals surface area contributed by atoms with Crippen molar-refractivity contribution in [1.29, 1.82) is 0 Å². The second-order valence-electron chi connectivity index (χ2n) is 3.35. The van der Waals surface area contributed by atoms with E-state index in [2.05, 4.69) is 22.8 Å². The molecule has 1 aromatic rings. The van der Waals surface area contributed by atoms with Gasteiger partial charge in [0.15, 0.2) is 0 Å². The summed E-state index contributed by atoms with van der Waals surface area (Å²) in [5, 5.41) is 5.53. The lowest BCUT2D eigenvalue weighted by atomic mass is 10.2. The largest absolute Gasteiger partial charge is 0.377 e. The van der Waals surface area contributed by atoms with Gasteiger partial charge in [-0.05, 0) is 24.3 Å². The number of hydrogen-bond acceptors (Lipinski definition) is 3. The van der Waals surface area contributed by atoms with Crippen molar-refractivity contribution < 1.29 is 4.74 Å². The summed E-state index contributed by atoms with van der Waals surface area (Å²) in [4.78, 5) is 1.40. The molecule has 2 heterocycles. The van der Waals surface area contributed by atoms with E-state index in [0.29, 0.717) is 6.10 Å². The monoisotopic (exact) mass is 197 g/mol. The molecule has 1 N–H and O–H groups in total. The average Bonchev–Trinajstić information content (AvgIpc) is 2.75. The highest BCUT2D eigenvalue weighted by Crippen LogP contribution is 2.11. The van der Waals surface area contributed by atoms with Crippen molar-refractivity contribution in [3.63, 3.8) is 0 Å². The first kappa shape index (κ1) is 9.19. The first-order valence-electron chi connectivity index (χ1n) is 4.80. The van der Waals surface area contributed by atoms with E-state index in [1.54, 1.807) is 11.3 Å². The third-order valence-electron chi connectivity index (χ3n) is 2.28. The zero-order valence-corrected chi connectivity index (χ0v) is 8.48. The van der Waals surface area contributed by atoms with Crippen LogP contribution in [0, 0.1) is 0 Å². The fraction of sp³-hybridized carbons (Fsp3) is 0.600. The molecular weight excluding hydrogens is 182 g/mol. The summed E-state index contributed by atoms with van der Waals surface area (Å²) in [6, 6.07) is 4.25. The SMILES string of the molecule is c1csc(CNC[C@@H]2CCCO2)c1. The van der Waals surface area contributed by atoms with Crippen molar-refractivity contribution in [2.45, 2.75) is 25.5 Å². The topological polar surface area (TPSA) is 21.3 Å². The molecular formula is C10H15NOS. The molecule has 0 amide bonds. The van der Waals surface area contributed by atoms with Gasteiger partial charge in [-0.2, -0.15) is 0 Å². The van der Waals surface area contributed by atoms with Crippen LogP contribution in [0.1, 0.15) is 17.7 Å². The molecule has 3 heteroatoms. The number of ether oxygens (including phenoxy) is 1. The number of nitrogens with one attached hydrogen (secondary N) is 1. The third kappa shape index (κ3) is 2.79. The molecule has 2 rings (SSSR count). The summed E-state index contributed by atoms with van der Waals surface area (Å²) in [5.41, 5.74) is 0. The third-order valence-corrected chi connectivity index (χ3v) is 3.15. The highest BCUT2D eigenvalue weighted by atomic mass is 32.1. The van der Waals surface area contributed by atoms with E-state index < -0.39 is 0 Å². The molecule has 1 aliphatic heterocycles. The minimum atomic E-state index is 0.458. The molecule has 1 saturated heterocycles. The van der Waals surface area contributed by atoms with E-state index in [0.717, 1.165) is 19.7 Å². The first-order chi connectivity index (χ1) is 6.45. The molecule has 0 bridgehead atoms. The fourth-order valence-electron chi connectivity index (χ4n) is 1.57. The van der Waals surface area contributed by atoms with Crippen LogP contribution in [0.15, 0.2) is 17.5 Å². The van der Waals surface area contributed by atoms with Crippen LogP contribution in [0.3, 0.4) is 0 Å². The van der Waals surface area contributed by atoms with Crippen molar-refractivity contribution in [1.82, 2.24) is 5.32 Å². The molecule has 1 fully saturated rings. The van der Waals surface area contributed by atoms with Gasteiger partial charge in [0.05, 0.1) is 6.10 Å². The quantitative estimate of drug-likeness (QED) is 0.797. The maximum Gasteiger partial charge on any atom is 0.0700 e. The lowest BCUT2D eigenvalue weighted by Gasteiger charge is -2.09. The number of hydrogen-bond donors (Lipinski definition) is 1. The predicted molar refractivity (Wildman–Crippen MR) is 55.0 cm³/mol. The van der Waals surface area contributed by atoms with E-state index in [-0.39, 0.29) is 0 Å². The van der Waals surface area contributed by atoms with Crippen molar-refractivity contribution in [3.05, 3.63) is 22.4 Å². The summed E-state index contributed by atoms with van der Waals surface area (Å²) in [6.07, 6.45) is 2.91. The Hall–Kier alpha value is -0.380. The standard InChI is InChI=1S/C10H15NOS/c1-3-9(12-5-1)7-11-8-10-4-2-6-13-10/h2,4,6,9,11H,1,3,5,7-8H2/t9-/m0/s1. The van der Waals surface area contributed by atoms with Gasteiger partial charge in [0.25, 0.3) is 0 Å². The highest BCUT2D eigenvalue weighted by molar-refractivity contribution is 7.09. The Morgan fingerprint density at radius 2 is 2.62 bits per heavy atom. The van der Waals surface area contributed by atoms with E-state index in [4.69, 9.17) is 4.74 Å². The normalized spacial score (nSPS) is 22.3. The van der Waals surface area contributed by atoms with Crippen LogP contribution in [0.25, 0.3) is 0 Å². The Bertz CT molecular complexity index is 229. The highest BCUT2D eigenvalue weighted by Gasteiger charge is 2.14. The van der Waals surface area contributed by atoms with Crippen LogP contribution >= 0.6 is 11.3 Å². The smallest absolute Gasteiger partial charge is 0.0700 e. The van der Waals surface area contributed by atoms with Crippen LogP contribution in [-0.2, 0) is 11.3 Å². The van der Waals surface area contributed by atoms with E-state index in [1.165, 1.54) is 17.7 Å². The molecule has 1 aromatic heterocycles. The van der Waals surface area contributed by atoms with Crippen LogP contribution in [-0.4, -0.2) is 19.3 Å². The van der Waals surface area contributed by atoms with Crippen LogP contribution < -0.4 is 5.32 Å². The van der Waals surface area contributed by atoms with Gasteiger partial charge in [0.1, 0.15) is 0 Å². The maximum absolute atomic E-state index is 5.51. The summed E-state index contributed by atoms with van der Waals surface area (Å²) in [5.74, 6) is 0. The summed E-state index contributed by atoms with van der Waals surface area (Å²) < 4.78 is 5.51. The maximum atomic E-state index is 5.51. The van der Waals surface area contributed by atoms with Gasteiger partial charge >= 0.3 is 0 Å². The fourth-order valence-corrected chi connectivity index (χ4v) is 2.25. The van der Waals surface area contributed by atoms with Gasteiger partial charge in [-0.15, -0.1) is 11.3 Å². The van der Waals surface area contributed by atoms with E-state index in [9.17, 15) is 0 Å². The lowest BCUT2D eigenvalue weighted by Crippen LogP contribution is -2.25. The van der Waals surface area contributed by atoms with Crippen molar-refractivity contribution in [2.75, 3.05) is 13.2 Å².